The van der Waals surface area contributed by atoms with Crippen molar-refractivity contribution in [2.75, 3.05) is 44.2 Å². The van der Waals surface area contributed by atoms with Gasteiger partial charge in [0.1, 0.15) is 12.4 Å². The number of halogens is 1. The van der Waals surface area contributed by atoms with E-state index in [2.05, 4.69) is 20.9 Å². The summed E-state index contributed by atoms with van der Waals surface area (Å²) >= 11 is 6.31. The summed E-state index contributed by atoms with van der Waals surface area (Å²) in [5.74, 6) is -0.564. The van der Waals surface area contributed by atoms with Gasteiger partial charge >= 0.3 is 11.7 Å². The summed E-state index contributed by atoms with van der Waals surface area (Å²) in [7, 11) is 3.13. The molecule has 13 heteroatoms. The molecule has 0 spiro atoms. The number of piperazine rings is 1. The topological polar surface area (TPSA) is 132 Å². The predicted molar refractivity (Wildman–Crippen MR) is 164 cm³/mol. The van der Waals surface area contributed by atoms with Gasteiger partial charge in [-0.15, -0.1) is 0 Å². The van der Waals surface area contributed by atoms with Crippen molar-refractivity contribution < 1.29 is 19.4 Å². The van der Waals surface area contributed by atoms with Crippen LogP contribution in [0.15, 0.2) is 70.5 Å². The Balaban J connectivity index is 0.000000239. The average Bonchev–Trinajstić information content (AvgIpc) is 3.45. The second-order valence-corrected chi connectivity index (χ2v) is 10.5. The van der Waals surface area contributed by atoms with Crippen molar-refractivity contribution in [3.63, 3.8) is 0 Å². The lowest BCUT2D eigenvalue weighted by Gasteiger charge is -2.36. The first-order valence-corrected chi connectivity index (χ1v) is 14.3. The maximum atomic E-state index is 12.5. The van der Waals surface area contributed by atoms with E-state index in [0.29, 0.717) is 23.5 Å². The molecule has 3 heterocycles. The lowest BCUT2D eigenvalue weighted by Crippen LogP contribution is -2.47. The highest BCUT2D eigenvalue weighted by Gasteiger charge is 2.20. The summed E-state index contributed by atoms with van der Waals surface area (Å²) < 4.78 is 9.54. The first kappa shape index (κ1) is 31.5. The largest absolute Gasteiger partial charge is 0.486 e. The van der Waals surface area contributed by atoms with Crippen LogP contribution < -0.4 is 20.9 Å². The number of anilines is 1. The fraction of sp³-hybridized carbons (Fsp3) is 0.367. The van der Waals surface area contributed by atoms with Gasteiger partial charge in [-0.1, -0.05) is 41.9 Å². The number of aryl methyl sites for hydroxylation is 1. The van der Waals surface area contributed by atoms with Gasteiger partial charge in [0.15, 0.2) is 16.9 Å². The second kappa shape index (κ2) is 14.7. The van der Waals surface area contributed by atoms with Crippen LogP contribution in [0.2, 0.25) is 5.02 Å². The first-order chi connectivity index (χ1) is 20.7. The van der Waals surface area contributed by atoms with E-state index < -0.39 is 5.97 Å². The molecule has 0 unspecified atom stereocenters. The molecule has 1 N–H and O–H groups in total. The number of carboxylic acid groups (broad SMARTS) is 1. The minimum absolute atomic E-state index is 0.0160. The summed E-state index contributed by atoms with van der Waals surface area (Å²) in [5, 5.41) is 9.13. The molecule has 0 amide bonds. The Morgan fingerprint density at radius 3 is 2.26 bits per heavy atom. The average molecular weight is 611 g/mol. The SMILES string of the molecule is Cn1c(=O)c2c(ncn2CCN2CCN(c3ccccc3Cl)CC2)n(C)c1=O.O=C(O)CCC(=O)COc1ccccc1. The normalized spacial score (nSPS) is 13.4. The van der Waals surface area contributed by atoms with Crippen molar-refractivity contribution in [1.82, 2.24) is 23.6 Å². The zero-order valence-electron chi connectivity index (χ0n) is 24.2. The third-order valence-electron chi connectivity index (χ3n) is 7.20. The van der Waals surface area contributed by atoms with E-state index in [9.17, 15) is 19.2 Å². The number of Topliss-reactive ketones (excluding diaryl/α,β-unsaturated/α-hetero) is 1. The molecule has 0 saturated carbocycles. The van der Waals surface area contributed by atoms with E-state index in [1.54, 1.807) is 37.6 Å². The number of ketones is 1. The lowest BCUT2D eigenvalue weighted by atomic mass is 10.2. The number of hydrogen-bond acceptors (Lipinski definition) is 8. The fourth-order valence-corrected chi connectivity index (χ4v) is 4.99. The first-order valence-electron chi connectivity index (χ1n) is 13.9. The van der Waals surface area contributed by atoms with Gasteiger partial charge in [-0.05, 0) is 24.3 Å². The monoisotopic (exact) mass is 610 g/mol. The smallest absolute Gasteiger partial charge is 0.332 e. The number of benzene rings is 2. The highest BCUT2D eigenvalue weighted by molar-refractivity contribution is 6.33. The molecule has 1 aliphatic heterocycles. The van der Waals surface area contributed by atoms with Gasteiger partial charge < -0.3 is 19.3 Å². The molecular formula is C30H35ClN6O6. The summed E-state index contributed by atoms with van der Waals surface area (Å²) in [4.78, 5) is 54.8. The standard InChI is InChI=1S/C19H23ClN6O2.C11H12O4/c1-22-17-16(18(27)23(2)19(22)28)26(13-21-17)12-9-24-7-10-25(11-8-24)15-6-4-3-5-14(15)20;12-9(6-7-11(13)14)8-15-10-4-2-1-3-5-10/h3-6,13H,7-12H2,1-2H3;1-5H,6-8H2,(H,13,14). The Morgan fingerprint density at radius 2 is 1.58 bits per heavy atom. The van der Waals surface area contributed by atoms with Crippen molar-refractivity contribution in [1.29, 1.82) is 0 Å². The maximum absolute atomic E-state index is 12.5. The Bertz CT molecular complexity index is 1670. The van der Waals surface area contributed by atoms with Gasteiger partial charge in [0.25, 0.3) is 5.56 Å². The summed E-state index contributed by atoms with van der Waals surface area (Å²) in [6.07, 6.45) is 1.52. The molecular weight excluding hydrogens is 576 g/mol. The Morgan fingerprint density at radius 1 is 0.907 bits per heavy atom. The van der Waals surface area contributed by atoms with Crippen LogP contribution in [0.3, 0.4) is 0 Å². The Hall–Kier alpha value is -4.42. The highest BCUT2D eigenvalue weighted by atomic mass is 35.5. The van der Waals surface area contributed by atoms with Gasteiger partial charge in [-0.3, -0.25) is 28.4 Å². The molecule has 0 atom stereocenters. The van der Waals surface area contributed by atoms with Crippen molar-refractivity contribution in [2.45, 2.75) is 19.4 Å². The van der Waals surface area contributed by atoms with Gasteiger partial charge in [-0.2, -0.15) is 0 Å². The molecule has 43 heavy (non-hydrogen) atoms. The van der Waals surface area contributed by atoms with Crippen molar-refractivity contribution in [3.8, 4) is 5.75 Å². The molecule has 5 rings (SSSR count). The molecule has 0 aliphatic carbocycles. The number of rotatable bonds is 10. The van der Waals surface area contributed by atoms with Crippen molar-refractivity contribution in [2.24, 2.45) is 14.1 Å². The van der Waals surface area contributed by atoms with Crippen LogP contribution in [0.25, 0.3) is 11.2 Å². The van der Waals surface area contributed by atoms with Crippen LogP contribution in [0.1, 0.15) is 12.8 Å². The molecule has 228 valence electrons. The molecule has 2 aromatic carbocycles. The molecule has 0 radical (unpaired) electrons. The van der Waals surface area contributed by atoms with Gasteiger partial charge in [0.05, 0.1) is 23.5 Å². The molecule has 2 aromatic heterocycles. The van der Waals surface area contributed by atoms with Crippen LogP contribution in [0.4, 0.5) is 5.69 Å². The molecule has 1 saturated heterocycles. The fourth-order valence-electron chi connectivity index (χ4n) is 4.74. The minimum Gasteiger partial charge on any atom is -0.486 e. The van der Waals surface area contributed by atoms with E-state index >= 15 is 0 Å². The number of imidazole rings is 1. The number of aromatic nitrogens is 4. The van der Waals surface area contributed by atoms with Crippen LogP contribution in [0.5, 0.6) is 5.75 Å². The molecule has 1 fully saturated rings. The van der Waals surface area contributed by atoms with E-state index in [4.69, 9.17) is 21.4 Å². The predicted octanol–water partition coefficient (Wildman–Crippen LogP) is 2.41. The number of carboxylic acids is 1. The maximum Gasteiger partial charge on any atom is 0.332 e. The molecule has 0 bridgehead atoms. The van der Waals surface area contributed by atoms with Crippen LogP contribution in [0, 0.1) is 0 Å². The van der Waals surface area contributed by atoms with E-state index in [-0.39, 0.29) is 36.5 Å². The summed E-state index contributed by atoms with van der Waals surface area (Å²) in [6.45, 7) is 5.05. The zero-order chi connectivity index (χ0) is 30.9. The summed E-state index contributed by atoms with van der Waals surface area (Å²) in [5.41, 5.74) is 1.31. The van der Waals surface area contributed by atoms with Gasteiger partial charge in [-0.25, -0.2) is 9.78 Å². The van der Waals surface area contributed by atoms with E-state index in [1.807, 2.05) is 28.8 Å². The lowest BCUT2D eigenvalue weighted by molar-refractivity contribution is -0.138. The number of hydrogen-bond donors (Lipinski definition) is 1. The number of aliphatic carboxylic acids is 1. The van der Waals surface area contributed by atoms with E-state index in [1.165, 1.54) is 11.6 Å². The number of para-hydroxylation sites is 2. The number of fused-ring (bicyclic) bond motifs is 1. The third-order valence-corrected chi connectivity index (χ3v) is 7.52. The van der Waals surface area contributed by atoms with Gasteiger partial charge in [0, 0.05) is 59.8 Å². The van der Waals surface area contributed by atoms with Crippen molar-refractivity contribution in [3.05, 3.63) is 86.8 Å². The number of carbonyl (C=O) groups excluding carboxylic acids is 1. The van der Waals surface area contributed by atoms with E-state index in [0.717, 1.165) is 48.0 Å². The zero-order valence-corrected chi connectivity index (χ0v) is 24.9. The van der Waals surface area contributed by atoms with Crippen molar-refractivity contribution >= 4 is 40.2 Å². The highest BCUT2D eigenvalue weighted by Crippen LogP contribution is 2.26. The molecule has 1 aliphatic rings. The Kier molecular flexibility index (Phi) is 10.7. The van der Waals surface area contributed by atoms with Crippen LogP contribution in [-0.2, 0) is 30.2 Å². The Labute approximate surface area is 253 Å². The number of carbonyl (C=O) groups is 2. The third kappa shape index (κ3) is 8.11. The number of ether oxygens (including phenoxy) is 1. The summed E-state index contributed by atoms with van der Waals surface area (Å²) in [6, 6.07) is 16.8. The quantitative estimate of drug-likeness (QED) is 0.287. The molecule has 12 nitrogen and oxygen atoms in total. The number of nitrogens with zero attached hydrogens (tertiary/aromatic N) is 6. The minimum atomic E-state index is -0.969. The van der Waals surface area contributed by atoms with Crippen LogP contribution >= 0.6 is 11.6 Å². The molecule has 4 aromatic rings. The van der Waals surface area contributed by atoms with Gasteiger partial charge in [0.2, 0.25) is 0 Å². The second-order valence-electron chi connectivity index (χ2n) is 10.1. The van der Waals surface area contributed by atoms with Crippen LogP contribution in [-0.4, -0.2) is 79.8 Å².